The number of halogens is 2. The second kappa shape index (κ2) is 7.46. The molecule has 2 atom stereocenters. The Morgan fingerprint density at radius 2 is 1.92 bits per heavy atom. The first-order valence-electron chi connectivity index (χ1n) is 7.41. The second-order valence-corrected chi connectivity index (χ2v) is 8.35. The zero-order valence-corrected chi connectivity index (χ0v) is 14.5. The summed E-state index contributed by atoms with van der Waals surface area (Å²) in [7, 11) is -1.44. The summed E-state index contributed by atoms with van der Waals surface area (Å²) in [6.45, 7) is 5.27. The number of pyridine rings is 1. The van der Waals surface area contributed by atoms with Crippen molar-refractivity contribution in [3.8, 4) is 0 Å². The molecule has 2 aromatic rings. The lowest BCUT2D eigenvalue weighted by Gasteiger charge is -2.24. The van der Waals surface area contributed by atoms with E-state index in [0.717, 1.165) is 12.1 Å². The molecule has 0 aliphatic carbocycles. The van der Waals surface area contributed by atoms with Gasteiger partial charge in [-0.1, -0.05) is 12.1 Å². The van der Waals surface area contributed by atoms with E-state index in [4.69, 9.17) is 5.11 Å². The summed E-state index contributed by atoms with van der Waals surface area (Å²) < 4.78 is 41.7. The molecule has 2 rings (SSSR count). The lowest BCUT2D eigenvalue weighted by atomic mass is 10.0. The highest BCUT2D eigenvalue weighted by atomic mass is 32.2. The minimum Gasteiger partial charge on any atom is -0.392 e. The van der Waals surface area contributed by atoms with Crippen LogP contribution in [0.3, 0.4) is 0 Å². The van der Waals surface area contributed by atoms with Crippen molar-refractivity contribution in [3.63, 3.8) is 0 Å². The van der Waals surface area contributed by atoms with Crippen LogP contribution < -0.4 is 4.72 Å². The Hall–Kier alpha value is -1.70. The van der Waals surface area contributed by atoms with Crippen molar-refractivity contribution in [1.82, 2.24) is 9.71 Å². The molecular formula is C17H20F2N2O2S. The fraction of sp³-hybridized carbons (Fsp3) is 0.353. The van der Waals surface area contributed by atoms with E-state index in [1.165, 1.54) is 12.3 Å². The van der Waals surface area contributed by atoms with E-state index in [1.54, 1.807) is 32.9 Å². The number of hydrogen-bond donors (Lipinski definition) is 2. The van der Waals surface area contributed by atoms with Crippen molar-refractivity contribution in [3.05, 3.63) is 65.0 Å². The summed E-state index contributed by atoms with van der Waals surface area (Å²) in [5.74, 6) is -1.93. The number of hydrogen-bond acceptors (Lipinski definition) is 3. The predicted molar refractivity (Wildman–Crippen MR) is 89.4 cm³/mol. The molecule has 0 aliphatic heterocycles. The Bertz CT molecular complexity index is 730. The summed E-state index contributed by atoms with van der Waals surface area (Å²) in [5, 5.41) is 9.11. The van der Waals surface area contributed by atoms with Crippen LogP contribution in [0.15, 0.2) is 36.5 Å². The fourth-order valence-electron chi connectivity index (χ4n) is 1.98. The maximum Gasteiger partial charge on any atom is 0.159 e. The van der Waals surface area contributed by atoms with Crippen LogP contribution in [0.1, 0.15) is 43.6 Å². The highest BCUT2D eigenvalue weighted by Gasteiger charge is 2.26. The van der Waals surface area contributed by atoms with Gasteiger partial charge in [0.2, 0.25) is 0 Å². The lowest BCUT2D eigenvalue weighted by molar-refractivity contribution is 0.281. The molecule has 0 spiro atoms. The highest BCUT2D eigenvalue weighted by Crippen LogP contribution is 2.25. The molecule has 24 heavy (non-hydrogen) atoms. The van der Waals surface area contributed by atoms with Crippen molar-refractivity contribution in [2.75, 3.05) is 0 Å². The van der Waals surface area contributed by atoms with Crippen molar-refractivity contribution in [1.29, 1.82) is 0 Å². The average molecular weight is 354 g/mol. The van der Waals surface area contributed by atoms with Gasteiger partial charge in [-0.25, -0.2) is 17.7 Å². The average Bonchev–Trinajstić information content (AvgIpc) is 2.54. The number of benzene rings is 1. The van der Waals surface area contributed by atoms with Gasteiger partial charge in [0.1, 0.15) is 0 Å². The van der Waals surface area contributed by atoms with Gasteiger partial charge in [-0.15, -0.1) is 0 Å². The van der Waals surface area contributed by atoms with Gasteiger partial charge in [0.25, 0.3) is 0 Å². The number of nitrogens with zero attached hydrogens (tertiary/aromatic N) is 1. The fourth-order valence-corrected chi connectivity index (χ4v) is 2.80. The number of aliphatic hydroxyl groups is 1. The number of aliphatic hydroxyl groups excluding tert-OH is 1. The van der Waals surface area contributed by atoms with Crippen LogP contribution in [0, 0.1) is 11.6 Å². The minimum atomic E-state index is -1.44. The van der Waals surface area contributed by atoms with Crippen molar-refractivity contribution < 1.29 is 18.1 Å². The topological polar surface area (TPSA) is 62.2 Å². The van der Waals surface area contributed by atoms with Gasteiger partial charge in [-0.3, -0.25) is 4.98 Å². The third-order valence-electron chi connectivity index (χ3n) is 3.38. The van der Waals surface area contributed by atoms with Crippen molar-refractivity contribution in [2.24, 2.45) is 0 Å². The van der Waals surface area contributed by atoms with E-state index < -0.39 is 33.4 Å². The number of rotatable bonds is 5. The normalized spacial score (nSPS) is 14.4. The molecule has 1 heterocycles. The third kappa shape index (κ3) is 4.43. The Morgan fingerprint density at radius 3 is 2.42 bits per heavy atom. The zero-order valence-electron chi connectivity index (χ0n) is 13.7. The van der Waals surface area contributed by atoms with Crippen LogP contribution in [0.4, 0.5) is 8.78 Å². The van der Waals surface area contributed by atoms with Gasteiger partial charge in [0.05, 0.1) is 34.1 Å². The molecule has 1 aromatic heterocycles. The molecule has 0 saturated carbocycles. The maximum absolute atomic E-state index is 13.6. The minimum absolute atomic E-state index is 0.148. The summed E-state index contributed by atoms with van der Waals surface area (Å²) in [6, 6.07) is 6.18. The van der Waals surface area contributed by atoms with Gasteiger partial charge in [-0.2, -0.15) is 0 Å². The van der Waals surface area contributed by atoms with E-state index in [1.807, 2.05) is 0 Å². The lowest BCUT2D eigenvalue weighted by Crippen LogP contribution is -2.36. The van der Waals surface area contributed by atoms with Gasteiger partial charge in [0, 0.05) is 6.20 Å². The molecule has 0 saturated heterocycles. The SMILES string of the molecule is CC(C)(C)S(=O)NC(c1ccc(F)c(F)c1)c1ccc(CO)cn1. The molecule has 2 unspecified atom stereocenters. The molecule has 0 aliphatic rings. The first kappa shape index (κ1) is 18.6. The van der Waals surface area contributed by atoms with Crippen molar-refractivity contribution in [2.45, 2.75) is 38.2 Å². The smallest absolute Gasteiger partial charge is 0.159 e. The maximum atomic E-state index is 13.6. The molecule has 0 radical (unpaired) electrons. The molecule has 1 aromatic carbocycles. The first-order valence-corrected chi connectivity index (χ1v) is 8.56. The molecule has 0 amide bonds. The van der Waals surface area contributed by atoms with Crippen LogP contribution in [-0.2, 0) is 17.6 Å². The van der Waals surface area contributed by atoms with E-state index in [2.05, 4.69) is 9.71 Å². The summed E-state index contributed by atoms with van der Waals surface area (Å²) in [4.78, 5) is 4.24. The van der Waals surface area contributed by atoms with E-state index in [9.17, 15) is 13.0 Å². The Balaban J connectivity index is 2.43. The first-order chi connectivity index (χ1) is 11.2. The van der Waals surface area contributed by atoms with E-state index >= 15 is 0 Å². The zero-order chi connectivity index (χ0) is 17.9. The molecule has 7 heteroatoms. The van der Waals surface area contributed by atoms with Crippen LogP contribution in [0.2, 0.25) is 0 Å². The van der Waals surface area contributed by atoms with Crippen LogP contribution in [0.25, 0.3) is 0 Å². The Kier molecular flexibility index (Phi) is 5.79. The summed E-state index contributed by atoms with van der Waals surface area (Å²) in [6.07, 6.45) is 1.49. The predicted octanol–water partition coefficient (Wildman–Crippen LogP) is 2.99. The van der Waals surface area contributed by atoms with E-state index in [-0.39, 0.29) is 6.61 Å². The van der Waals surface area contributed by atoms with Crippen LogP contribution >= 0.6 is 0 Å². The molecule has 0 fully saturated rings. The molecule has 130 valence electrons. The second-order valence-electron chi connectivity index (χ2n) is 6.35. The van der Waals surface area contributed by atoms with Crippen LogP contribution in [0.5, 0.6) is 0 Å². The molecule has 0 bridgehead atoms. The Morgan fingerprint density at radius 1 is 1.21 bits per heavy atom. The highest BCUT2D eigenvalue weighted by molar-refractivity contribution is 7.84. The van der Waals surface area contributed by atoms with Gasteiger partial charge in [0.15, 0.2) is 11.6 Å². The van der Waals surface area contributed by atoms with Gasteiger partial charge in [-0.05, 0) is 50.1 Å². The standard InChI is InChI=1S/C17H20F2N2O2S/c1-17(2,3)24(23)21-16(12-5-6-13(18)14(19)8-12)15-7-4-11(10-22)9-20-15/h4-9,16,21-22H,10H2,1-3H3. The molecule has 2 N–H and O–H groups in total. The number of nitrogens with one attached hydrogen (secondary N) is 1. The van der Waals surface area contributed by atoms with Gasteiger partial charge < -0.3 is 5.11 Å². The van der Waals surface area contributed by atoms with Crippen molar-refractivity contribution >= 4 is 11.0 Å². The largest absolute Gasteiger partial charge is 0.392 e. The third-order valence-corrected chi connectivity index (χ3v) is 4.95. The molecule has 4 nitrogen and oxygen atoms in total. The number of aromatic nitrogens is 1. The summed E-state index contributed by atoms with van der Waals surface area (Å²) >= 11 is 0. The van der Waals surface area contributed by atoms with Gasteiger partial charge >= 0.3 is 0 Å². The molecular weight excluding hydrogens is 334 g/mol. The monoisotopic (exact) mass is 354 g/mol. The quantitative estimate of drug-likeness (QED) is 0.868. The Labute approximate surface area is 142 Å². The van der Waals surface area contributed by atoms with E-state index in [0.29, 0.717) is 16.8 Å². The van der Waals surface area contributed by atoms with Crippen LogP contribution in [-0.4, -0.2) is 19.0 Å². The summed E-state index contributed by atoms with van der Waals surface area (Å²) in [5.41, 5.74) is 1.53.